The number of furan rings is 1. The third kappa shape index (κ3) is 5.11. The first-order valence-electron chi connectivity index (χ1n) is 7.08. The fourth-order valence-electron chi connectivity index (χ4n) is 2.05. The molecule has 2 N–H and O–H groups in total. The molecule has 1 heterocycles. The molecular formula is C16H16BrClN2O3. The molecule has 0 aliphatic carbocycles. The van der Waals surface area contributed by atoms with Gasteiger partial charge in [-0.15, -0.1) is 0 Å². The molecule has 1 aromatic heterocycles. The molecule has 23 heavy (non-hydrogen) atoms. The molecule has 2 rings (SSSR count). The van der Waals surface area contributed by atoms with Crippen molar-refractivity contribution in [3.63, 3.8) is 0 Å². The Labute approximate surface area is 147 Å². The number of amides is 2. The quantitative estimate of drug-likeness (QED) is 0.778. The number of hydrogen-bond acceptors (Lipinski definition) is 3. The van der Waals surface area contributed by atoms with Crippen molar-refractivity contribution in [1.82, 2.24) is 10.6 Å². The molecule has 1 aromatic carbocycles. The van der Waals surface area contributed by atoms with Gasteiger partial charge in [0, 0.05) is 5.02 Å². The molecule has 122 valence electrons. The van der Waals surface area contributed by atoms with Gasteiger partial charge in [0.1, 0.15) is 0 Å². The number of benzene rings is 1. The number of carbonyl (C=O) groups is 2. The van der Waals surface area contributed by atoms with Gasteiger partial charge >= 0.3 is 0 Å². The van der Waals surface area contributed by atoms with Crippen molar-refractivity contribution >= 4 is 39.3 Å². The SMILES string of the molecule is CCC(NC(=O)CNC(=O)c1ccc(Br)o1)c1ccc(Cl)cc1. The molecule has 2 amide bonds. The summed E-state index contributed by atoms with van der Waals surface area (Å²) in [7, 11) is 0. The van der Waals surface area contributed by atoms with Crippen LogP contribution in [0, 0.1) is 0 Å². The van der Waals surface area contributed by atoms with Crippen LogP contribution in [0.25, 0.3) is 0 Å². The Kier molecular flexibility index (Phi) is 6.24. The molecule has 0 aliphatic rings. The van der Waals surface area contributed by atoms with Crippen LogP contribution in [0.3, 0.4) is 0 Å². The van der Waals surface area contributed by atoms with E-state index in [9.17, 15) is 9.59 Å². The first kappa shape index (κ1) is 17.6. The van der Waals surface area contributed by atoms with E-state index in [-0.39, 0.29) is 24.3 Å². The highest BCUT2D eigenvalue weighted by atomic mass is 79.9. The summed E-state index contributed by atoms with van der Waals surface area (Å²) in [5.74, 6) is -0.564. The number of rotatable bonds is 6. The van der Waals surface area contributed by atoms with E-state index in [0.29, 0.717) is 9.69 Å². The van der Waals surface area contributed by atoms with Crippen LogP contribution in [0.15, 0.2) is 45.5 Å². The Morgan fingerprint density at radius 2 is 1.91 bits per heavy atom. The summed E-state index contributed by atoms with van der Waals surface area (Å²) in [6.45, 7) is 1.85. The van der Waals surface area contributed by atoms with Crippen molar-refractivity contribution in [3.8, 4) is 0 Å². The third-order valence-electron chi connectivity index (χ3n) is 3.22. The van der Waals surface area contributed by atoms with Gasteiger partial charge < -0.3 is 15.1 Å². The lowest BCUT2D eigenvalue weighted by molar-refractivity contribution is -0.120. The second-order valence-electron chi connectivity index (χ2n) is 4.87. The van der Waals surface area contributed by atoms with Crippen LogP contribution in [0.5, 0.6) is 0 Å². The largest absolute Gasteiger partial charge is 0.444 e. The van der Waals surface area contributed by atoms with E-state index in [1.165, 1.54) is 6.07 Å². The van der Waals surface area contributed by atoms with Gasteiger partial charge in [0.05, 0.1) is 12.6 Å². The van der Waals surface area contributed by atoms with Gasteiger partial charge in [0.15, 0.2) is 10.4 Å². The fraction of sp³-hybridized carbons (Fsp3) is 0.250. The minimum Gasteiger partial charge on any atom is -0.444 e. The molecule has 7 heteroatoms. The highest BCUT2D eigenvalue weighted by molar-refractivity contribution is 9.10. The zero-order chi connectivity index (χ0) is 16.8. The molecule has 0 bridgehead atoms. The predicted molar refractivity (Wildman–Crippen MR) is 91.4 cm³/mol. The van der Waals surface area contributed by atoms with E-state index >= 15 is 0 Å². The van der Waals surface area contributed by atoms with Gasteiger partial charge in [0.25, 0.3) is 5.91 Å². The van der Waals surface area contributed by atoms with Gasteiger partial charge in [-0.3, -0.25) is 9.59 Å². The third-order valence-corrected chi connectivity index (χ3v) is 3.90. The van der Waals surface area contributed by atoms with Gasteiger partial charge in [-0.2, -0.15) is 0 Å². The minimum atomic E-state index is -0.439. The standard InChI is InChI=1S/C16H16BrClN2O3/c1-2-12(10-3-5-11(18)6-4-10)20-15(21)9-19-16(22)13-7-8-14(17)23-13/h3-8,12H,2,9H2,1H3,(H,19,22)(H,20,21). The summed E-state index contributed by atoms with van der Waals surface area (Å²) in [4.78, 5) is 23.8. The Hall–Kier alpha value is -1.79. The monoisotopic (exact) mass is 398 g/mol. The van der Waals surface area contributed by atoms with Crippen molar-refractivity contribution in [3.05, 3.63) is 57.4 Å². The summed E-state index contributed by atoms with van der Waals surface area (Å²) in [6.07, 6.45) is 0.729. The van der Waals surface area contributed by atoms with Gasteiger partial charge in [-0.1, -0.05) is 30.7 Å². The molecule has 1 unspecified atom stereocenters. The van der Waals surface area contributed by atoms with Crippen LogP contribution >= 0.6 is 27.5 Å². The lowest BCUT2D eigenvalue weighted by atomic mass is 10.0. The Morgan fingerprint density at radius 3 is 2.48 bits per heavy atom. The van der Waals surface area contributed by atoms with E-state index in [1.807, 2.05) is 19.1 Å². The lowest BCUT2D eigenvalue weighted by Crippen LogP contribution is -2.38. The van der Waals surface area contributed by atoms with Crippen molar-refractivity contribution < 1.29 is 14.0 Å². The molecule has 1 atom stereocenters. The number of hydrogen-bond donors (Lipinski definition) is 2. The van der Waals surface area contributed by atoms with Crippen molar-refractivity contribution in [1.29, 1.82) is 0 Å². The molecule has 0 saturated carbocycles. The summed E-state index contributed by atoms with van der Waals surface area (Å²) in [6, 6.07) is 10.3. The molecular weight excluding hydrogens is 384 g/mol. The molecule has 0 saturated heterocycles. The van der Waals surface area contributed by atoms with Crippen LogP contribution < -0.4 is 10.6 Å². The Balaban J connectivity index is 1.87. The number of halogens is 2. The molecule has 0 spiro atoms. The van der Waals surface area contributed by atoms with Gasteiger partial charge in [-0.25, -0.2) is 0 Å². The fourth-order valence-corrected chi connectivity index (χ4v) is 2.48. The molecule has 5 nitrogen and oxygen atoms in total. The number of carbonyl (C=O) groups excluding carboxylic acids is 2. The van der Waals surface area contributed by atoms with E-state index in [2.05, 4.69) is 26.6 Å². The molecule has 0 fully saturated rings. The average molecular weight is 400 g/mol. The summed E-state index contributed by atoms with van der Waals surface area (Å²) < 4.78 is 5.58. The lowest BCUT2D eigenvalue weighted by Gasteiger charge is -2.17. The van der Waals surface area contributed by atoms with Gasteiger partial charge in [-0.05, 0) is 52.2 Å². The van der Waals surface area contributed by atoms with Crippen LogP contribution in [-0.4, -0.2) is 18.4 Å². The molecule has 0 aliphatic heterocycles. The predicted octanol–water partition coefficient (Wildman–Crippen LogP) is 3.69. The molecule has 2 aromatic rings. The van der Waals surface area contributed by atoms with Crippen LogP contribution in [0.2, 0.25) is 5.02 Å². The zero-order valence-corrected chi connectivity index (χ0v) is 14.8. The topological polar surface area (TPSA) is 71.3 Å². The van der Waals surface area contributed by atoms with Crippen LogP contribution in [-0.2, 0) is 4.79 Å². The first-order chi connectivity index (χ1) is 11.0. The smallest absolute Gasteiger partial charge is 0.287 e. The maximum atomic E-state index is 12.0. The Morgan fingerprint density at radius 1 is 1.22 bits per heavy atom. The second-order valence-corrected chi connectivity index (χ2v) is 6.08. The maximum absolute atomic E-state index is 12.0. The van der Waals surface area contributed by atoms with Crippen molar-refractivity contribution in [2.45, 2.75) is 19.4 Å². The van der Waals surface area contributed by atoms with Crippen molar-refractivity contribution in [2.24, 2.45) is 0 Å². The van der Waals surface area contributed by atoms with Crippen molar-refractivity contribution in [2.75, 3.05) is 6.54 Å². The first-order valence-corrected chi connectivity index (χ1v) is 8.25. The second kappa shape index (κ2) is 8.17. The minimum absolute atomic E-state index is 0.124. The van der Waals surface area contributed by atoms with E-state index in [4.69, 9.17) is 16.0 Å². The van der Waals surface area contributed by atoms with E-state index < -0.39 is 5.91 Å². The maximum Gasteiger partial charge on any atom is 0.287 e. The Bertz CT molecular complexity index is 685. The summed E-state index contributed by atoms with van der Waals surface area (Å²) in [5.41, 5.74) is 0.964. The summed E-state index contributed by atoms with van der Waals surface area (Å²) >= 11 is 8.98. The van der Waals surface area contributed by atoms with Gasteiger partial charge in [0.2, 0.25) is 5.91 Å². The highest BCUT2D eigenvalue weighted by Gasteiger charge is 2.15. The van der Waals surface area contributed by atoms with Crippen LogP contribution in [0.4, 0.5) is 0 Å². The highest BCUT2D eigenvalue weighted by Crippen LogP contribution is 2.19. The normalized spacial score (nSPS) is 11.8. The van der Waals surface area contributed by atoms with E-state index in [0.717, 1.165) is 12.0 Å². The zero-order valence-electron chi connectivity index (χ0n) is 12.4. The van der Waals surface area contributed by atoms with E-state index in [1.54, 1.807) is 18.2 Å². The van der Waals surface area contributed by atoms with Crippen LogP contribution in [0.1, 0.15) is 35.5 Å². The average Bonchev–Trinajstić information content (AvgIpc) is 2.98. The molecule has 0 radical (unpaired) electrons. The summed E-state index contributed by atoms with van der Waals surface area (Å²) in [5, 5.41) is 6.04. The number of nitrogens with one attached hydrogen (secondary N) is 2.